The molecule has 3 aromatic rings. The molecule has 0 bridgehead atoms. The maximum Gasteiger partial charge on any atom is 0.244 e. The second-order valence-corrected chi connectivity index (χ2v) is 7.32. The molecule has 0 aliphatic carbocycles. The first-order chi connectivity index (χ1) is 13.1. The molecular weight excluding hydrogens is 400 g/mol. The molecule has 0 aliphatic rings. The van der Waals surface area contributed by atoms with Crippen LogP contribution in [-0.2, 0) is 17.8 Å². The zero-order valence-electron chi connectivity index (χ0n) is 14.2. The van der Waals surface area contributed by atoms with Crippen LogP contribution in [0.1, 0.15) is 11.3 Å². The number of thiazole rings is 1. The zero-order chi connectivity index (χ0) is 19.1. The summed E-state index contributed by atoms with van der Waals surface area (Å²) in [6.07, 6.45) is 0.148. The van der Waals surface area contributed by atoms with Gasteiger partial charge in [-0.25, -0.2) is 4.98 Å². The Morgan fingerprint density at radius 1 is 1.07 bits per heavy atom. The van der Waals surface area contributed by atoms with Crippen LogP contribution in [-0.4, -0.2) is 16.0 Å². The highest BCUT2D eigenvalue weighted by molar-refractivity contribution is 7.80. The molecule has 0 fully saturated rings. The number of nitrogens with one attached hydrogen (secondary N) is 3. The number of carbonyl (C=O) groups is 1. The lowest BCUT2D eigenvalue weighted by atomic mass is 10.2. The van der Waals surface area contributed by atoms with E-state index in [9.17, 15) is 4.79 Å². The van der Waals surface area contributed by atoms with Crippen molar-refractivity contribution >= 4 is 46.2 Å². The minimum atomic E-state index is -0.227. The van der Waals surface area contributed by atoms with E-state index >= 15 is 0 Å². The normalized spacial score (nSPS) is 10.3. The fourth-order valence-electron chi connectivity index (χ4n) is 2.30. The fraction of sp³-hybridized carbons (Fsp3) is 0.105. The van der Waals surface area contributed by atoms with E-state index in [1.54, 1.807) is 0 Å². The molecule has 1 aromatic heterocycles. The number of hydrogen-bond donors (Lipinski definition) is 3. The Morgan fingerprint density at radius 3 is 2.59 bits per heavy atom. The molecule has 0 saturated heterocycles. The van der Waals surface area contributed by atoms with E-state index < -0.39 is 0 Å². The Morgan fingerprint density at radius 2 is 1.81 bits per heavy atom. The molecule has 0 atom stereocenters. The smallest absolute Gasteiger partial charge is 0.244 e. The number of thiocarbonyl (C=S) groups is 1. The van der Waals surface area contributed by atoms with E-state index in [0.717, 1.165) is 16.1 Å². The van der Waals surface area contributed by atoms with E-state index in [-0.39, 0.29) is 12.3 Å². The number of hydrogen-bond acceptors (Lipinski definition) is 4. The molecule has 0 radical (unpaired) electrons. The molecule has 3 rings (SSSR count). The summed E-state index contributed by atoms with van der Waals surface area (Å²) in [7, 11) is 0. The van der Waals surface area contributed by atoms with Crippen LogP contribution in [0.4, 0.5) is 0 Å². The Balaban J connectivity index is 1.46. The van der Waals surface area contributed by atoms with Crippen LogP contribution < -0.4 is 16.2 Å². The van der Waals surface area contributed by atoms with Crippen molar-refractivity contribution < 1.29 is 4.79 Å². The van der Waals surface area contributed by atoms with Crippen molar-refractivity contribution in [3.8, 4) is 10.6 Å². The average Bonchev–Trinajstić information content (AvgIpc) is 3.14. The van der Waals surface area contributed by atoms with E-state index in [2.05, 4.69) is 21.2 Å². The molecule has 0 spiro atoms. The Hall–Kier alpha value is -2.48. The maximum atomic E-state index is 12.1. The largest absolute Gasteiger partial charge is 0.357 e. The van der Waals surface area contributed by atoms with Gasteiger partial charge in [0.1, 0.15) is 5.01 Å². The van der Waals surface area contributed by atoms with Gasteiger partial charge in [0.25, 0.3) is 0 Å². The predicted octanol–water partition coefficient (Wildman–Crippen LogP) is 3.70. The summed E-state index contributed by atoms with van der Waals surface area (Å²) in [5.74, 6) is -0.227. The van der Waals surface area contributed by atoms with Gasteiger partial charge in [-0.15, -0.1) is 11.3 Å². The fourth-order valence-corrected chi connectivity index (χ4v) is 3.57. The minimum Gasteiger partial charge on any atom is -0.357 e. The van der Waals surface area contributed by atoms with Gasteiger partial charge in [0, 0.05) is 17.5 Å². The number of hydrazine groups is 1. The van der Waals surface area contributed by atoms with Crippen LogP contribution in [0.3, 0.4) is 0 Å². The first-order valence-corrected chi connectivity index (χ1v) is 9.84. The number of carbonyl (C=O) groups excluding carboxylic acids is 1. The van der Waals surface area contributed by atoms with Gasteiger partial charge in [0.15, 0.2) is 5.11 Å². The van der Waals surface area contributed by atoms with Gasteiger partial charge in [-0.2, -0.15) is 0 Å². The van der Waals surface area contributed by atoms with Gasteiger partial charge in [0.2, 0.25) is 5.91 Å². The number of benzene rings is 2. The molecule has 0 unspecified atom stereocenters. The summed E-state index contributed by atoms with van der Waals surface area (Å²) in [6, 6.07) is 17.4. The standard InChI is InChI=1S/C19H17ClN4OS2/c20-16-9-5-4-8-15(16)18-22-14(12-27-18)10-17(25)23-24-19(26)21-11-13-6-2-1-3-7-13/h1-9,12H,10-11H2,(H,23,25)(H2,21,24,26). The topological polar surface area (TPSA) is 66.0 Å². The third kappa shape index (κ3) is 5.75. The lowest BCUT2D eigenvalue weighted by Crippen LogP contribution is -2.47. The third-order valence-corrected chi connectivity index (χ3v) is 5.11. The number of aromatic nitrogens is 1. The van der Waals surface area contributed by atoms with Crippen molar-refractivity contribution in [2.24, 2.45) is 0 Å². The molecule has 1 amide bonds. The monoisotopic (exact) mass is 416 g/mol. The molecule has 27 heavy (non-hydrogen) atoms. The second kappa shape index (κ2) is 9.45. The quantitative estimate of drug-likeness (QED) is 0.437. The van der Waals surface area contributed by atoms with Crippen LogP contribution >= 0.6 is 35.2 Å². The summed E-state index contributed by atoms with van der Waals surface area (Å²) in [5, 5.41) is 6.65. The van der Waals surface area contributed by atoms with Gasteiger partial charge in [-0.1, -0.05) is 60.1 Å². The first kappa shape index (κ1) is 19.3. The molecular formula is C19H17ClN4OS2. The van der Waals surface area contributed by atoms with Gasteiger partial charge in [0.05, 0.1) is 17.1 Å². The number of nitrogens with zero attached hydrogens (tertiary/aromatic N) is 1. The zero-order valence-corrected chi connectivity index (χ0v) is 16.6. The second-order valence-electron chi connectivity index (χ2n) is 5.64. The lowest BCUT2D eigenvalue weighted by molar-refractivity contribution is -0.121. The van der Waals surface area contributed by atoms with Crippen molar-refractivity contribution in [3.63, 3.8) is 0 Å². The molecule has 138 valence electrons. The number of amides is 1. The van der Waals surface area contributed by atoms with E-state index in [0.29, 0.717) is 22.4 Å². The van der Waals surface area contributed by atoms with Crippen LogP contribution in [0.25, 0.3) is 10.6 Å². The molecule has 2 aromatic carbocycles. The molecule has 1 heterocycles. The van der Waals surface area contributed by atoms with Crippen LogP contribution in [0.2, 0.25) is 5.02 Å². The number of rotatable bonds is 5. The van der Waals surface area contributed by atoms with E-state index in [1.165, 1.54) is 11.3 Å². The summed E-state index contributed by atoms with van der Waals surface area (Å²) in [4.78, 5) is 16.6. The maximum absolute atomic E-state index is 12.1. The SMILES string of the molecule is O=C(Cc1csc(-c2ccccc2Cl)n1)NNC(=S)NCc1ccccc1. The van der Waals surface area contributed by atoms with Gasteiger partial charge < -0.3 is 5.32 Å². The van der Waals surface area contributed by atoms with Crippen molar-refractivity contribution in [1.29, 1.82) is 0 Å². The molecule has 0 saturated carbocycles. The Kier molecular flexibility index (Phi) is 6.75. The highest BCUT2D eigenvalue weighted by Gasteiger charge is 2.11. The Bertz CT molecular complexity index is 930. The highest BCUT2D eigenvalue weighted by Crippen LogP contribution is 2.30. The summed E-state index contributed by atoms with van der Waals surface area (Å²) in [5.41, 5.74) is 7.91. The number of halogens is 1. The van der Waals surface area contributed by atoms with Crippen LogP contribution in [0, 0.1) is 0 Å². The predicted molar refractivity (Wildman–Crippen MR) is 113 cm³/mol. The summed E-state index contributed by atoms with van der Waals surface area (Å²) >= 11 is 12.8. The highest BCUT2D eigenvalue weighted by atomic mass is 35.5. The minimum absolute atomic E-state index is 0.148. The van der Waals surface area contributed by atoms with Gasteiger partial charge in [-0.3, -0.25) is 15.6 Å². The van der Waals surface area contributed by atoms with Crippen molar-refractivity contribution in [2.75, 3.05) is 0 Å². The van der Waals surface area contributed by atoms with Crippen LogP contribution in [0.15, 0.2) is 60.0 Å². The van der Waals surface area contributed by atoms with Crippen molar-refractivity contribution in [2.45, 2.75) is 13.0 Å². The summed E-state index contributed by atoms with van der Waals surface area (Å²) < 4.78 is 0. The molecule has 0 aliphatic heterocycles. The molecule has 3 N–H and O–H groups in total. The van der Waals surface area contributed by atoms with Gasteiger partial charge in [-0.05, 0) is 23.8 Å². The Labute approximate surface area is 171 Å². The molecule has 5 nitrogen and oxygen atoms in total. The van der Waals surface area contributed by atoms with Crippen LogP contribution in [0.5, 0.6) is 0 Å². The van der Waals surface area contributed by atoms with Crippen molar-refractivity contribution in [3.05, 3.63) is 76.3 Å². The average molecular weight is 417 g/mol. The van der Waals surface area contributed by atoms with E-state index in [1.807, 2.05) is 60.0 Å². The lowest BCUT2D eigenvalue weighted by Gasteiger charge is -2.11. The van der Waals surface area contributed by atoms with E-state index in [4.69, 9.17) is 23.8 Å². The van der Waals surface area contributed by atoms with Crippen molar-refractivity contribution in [1.82, 2.24) is 21.2 Å². The van der Waals surface area contributed by atoms with Gasteiger partial charge >= 0.3 is 0 Å². The summed E-state index contributed by atoms with van der Waals surface area (Å²) in [6.45, 7) is 0.579. The third-order valence-electron chi connectivity index (χ3n) is 3.61. The first-order valence-electron chi connectivity index (χ1n) is 8.18. The molecule has 8 heteroatoms.